The molecule has 1 aliphatic rings. The fourth-order valence-electron chi connectivity index (χ4n) is 7.53. The predicted molar refractivity (Wildman–Crippen MR) is 191 cm³/mol. The third kappa shape index (κ3) is 3.74. The number of rotatable bonds is 2. The molecule has 0 amide bonds. The molecule has 0 atom stereocenters. The van der Waals surface area contributed by atoms with Gasteiger partial charge in [0.1, 0.15) is 0 Å². The summed E-state index contributed by atoms with van der Waals surface area (Å²) in [7, 11) is 0. The first-order chi connectivity index (χ1) is 23.0. The summed E-state index contributed by atoms with van der Waals surface area (Å²) in [5.74, 6) is 0. The van der Waals surface area contributed by atoms with E-state index in [2.05, 4.69) is 110 Å². The van der Waals surface area contributed by atoms with E-state index >= 15 is 0 Å². The van der Waals surface area contributed by atoms with Crippen molar-refractivity contribution in [2.24, 2.45) is 0 Å². The SMILES string of the molecule is CC1(C)c2cc(-c3cccc(-c4ccc5ccc6cccnc6c5n4)n3)ccc2-c2cc3c4ccccc4c4cccnc4c3nc21. The van der Waals surface area contributed by atoms with Crippen molar-refractivity contribution >= 4 is 54.4 Å². The molecule has 0 spiro atoms. The van der Waals surface area contributed by atoms with Gasteiger partial charge >= 0.3 is 0 Å². The van der Waals surface area contributed by atoms with Crippen LogP contribution in [-0.2, 0) is 5.41 Å². The largest absolute Gasteiger partial charge is 0.254 e. The zero-order chi connectivity index (χ0) is 31.3. The van der Waals surface area contributed by atoms with Crippen LogP contribution in [0.1, 0.15) is 25.1 Å². The molecular formula is C42H27N5. The average Bonchev–Trinajstić information content (AvgIpc) is 3.35. The molecule has 0 saturated carbocycles. The molecule has 47 heavy (non-hydrogen) atoms. The lowest BCUT2D eigenvalue weighted by Gasteiger charge is -2.21. The van der Waals surface area contributed by atoms with Crippen LogP contribution in [0.5, 0.6) is 0 Å². The van der Waals surface area contributed by atoms with Gasteiger partial charge in [0.25, 0.3) is 0 Å². The van der Waals surface area contributed by atoms with E-state index in [-0.39, 0.29) is 5.41 Å². The van der Waals surface area contributed by atoms with Crippen molar-refractivity contribution in [3.05, 3.63) is 139 Å². The van der Waals surface area contributed by atoms with Crippen LogP contribution in [0.4, 0.5) is 0 Å². The zero-order valence-corrected chi connectivity index (χ0v) is 25.9. The summed E-state index contributed by atoms with van der Waals surface area (Å²) in [5.41, 5.74) is 11.8. The summed E-state index contributed by atoms with van der Waals surface area (Å²) in [6.07, 6.45) is 3.69. The van der Waals surface area contributed by atoms with Crippen molar-refractivity contribution in [1.82, 2.24) is 24.9 Å². The summed E-state index contributed by atoms with van der Waals surface area (Å²) in [5, 5.41) is 6.82. The molecule has 0 bridgehead atoms. The molecule has 9 aromatic rings. The summed E-state index contributed by atoms with van der Waals surface area (Å²) in [6.45, 7) is 4.55. The molecule has 1 aliphatic carbocycles. The number of aromatic nitrogens is 5. The van der Waals surface area contributed by atoms with E-state index in [0.29, 0.717) is 0 Å². The number of benzene rings is 4. The molecule has 0 unspecified atom stereocenters. The number of nitrogens with zero attached hydrogens (tertiary/aromatic N) is 5. The fourth-order valence-corrected chi connectivity index (χ4v) is 7.53. The van der Waals surface area contributed by atoms with Gasteiger partial charge in [-0.1, -0.05) is 86.6 Å². The van der Waals surface area contributed by atoms with Gasteiger partial charge in [0.05, 0.1) is 44.8 Å². The second kappa shape index (κ2) is 9.47. The minimum Gasteiger partial charge on any atom is -0.254 e. The first-order valence-corrected chi connectivity index (χ1v) is 15.9. The van der Waals surface area contributed by atoms with Crippen LogP contribution in [0.15, 0.2) is 128 Å². The third-order valence-electron chi connectivity index (χ3n) is 9.88. The maximum Gasteiger partial charge on any atom is 0.0975 e. The van der Waals surface area contributed by atoms with E-state index in [1.54, 1.807) is 0 Å². The van der Waals surface area contributed by atoms with Gasteiger partial charge in [-0.2, -0.15) is 0 Å². The lowest BCUT2D eigenvalue weighted by atomic mass is 9.84. The van der Waals surface area contributed by atoms with Crippen molar-refractivity contribution < 1.29 is 0 Å². The highest BCUT2D eigenvalue weighted by Gasteiger charge is 2.38. The van der Waals surface area contributed by atoms with E-state index in [9.17, 15) is 0 Å². The zero-order valence-electron chi connectivity index (χ0n) is 25.9. The van der Waals surface area contributed by atoms with Crippen molar-refractivity contribution in [1.29, 1.82) is 0 Å². The normalized spacial score (nSPS) is 13.5. The highest BCUT2D eigenvalue weighted by Crippen LogP contribution is 2.50. The van der Waals surface area contributed by atoms with Gasteiger partial charge in [0.2, 0.25) is 0 Å². The molecule has 0 fully saturated rings. The van der Waals surface area contributed by atoms with Crippen LogP contribution in [0.25, 0.3) is 88.2 Å². The van der Waals surface area contributed by atoms with Crippen molar-refractivity contribution in [3.63, 3.8) is 0 Å². The second-order valence-corrected chi connectivity index (χ2v) is 12.9. The van der Waals surface area contributed by atoms with Crippen LogP contribution >= 0.6 is 0 Å². The van der Waals surface area contributed by atoms with E-state index in [1.807, 2.05) is 36.7 Å². The molecule has 5 aromatic heterocycles. The summed E-state index contributed by atoms with van der Waals surface area (Å²) in [6, 6.07) is 40.4. The highest BCUT2D eigenvalue weighted by atomic mass is 14.8. The topological polar surface area (TPSA) is 64.5 Å². The number of fused-ring (bicyclic) bond motifs is 12. The maximum atomic E-state index is 5.41. The minimum absolute atomic E-state index is 0.298. The van der Waals surface area contributed by atoms with Crippen LogP contribution in [0, 0.1) is 0 Å². The Morgan fingerprint density at radius 3 is 2.02 bits per heavy atom. The van der Waals surface area contributed by atoms with Gasteiger partial charge in [-0.05, 0) is 64.4 Å². The molecule has 0 aliphatic heterocycles. The Morgan fingerprint density at radius 2 is 1.15 bits per heavy atom. The Hall–Kier alpha value is -6.07. The van der Waals surface area contributed by atoms with Gasteiger partial charge in [0, 0.05) is 50.5 Å². The Balaban J connectivity index is 1.11. The van der Waals surface area contributed by atoms with Crippen molar-refractivity contribution in [3.8, 4) is 33.8 Å². The average molecular weight is 602 g/mol. The Bertz CT molecular complexity index is 2780. The Morgan fingerprint density at radius 1 is 0.447 bits per heavy atom. The summed E-state index contributed by atoms with van der Waals surface area (Å²) in [4.78, 5) is 25.0. The molecule has 0 saturated heterocycles. The monoisotopic (exact) mass is 601 g/mol. The van der Waals surface area contributed by atoms with E-state index in [0.717, 1.165) is 72.0 Å². The second-order valence-electron chi connectivity index (χ2n) is 12.9. The van der Waals surface area contributed by atoms with Crippen LogP contribution < -0.4 is 0 Å². The third-order valence-corrected chi connectivity index (χ3v) is 9.88. The summed E-state index contributed by atoms with van der Waals surface area (Å²) < 4.78 is 0. The van der Waals surface area contributed by atoms with Crippen molar-refractivity contribution in [2.75, 3.05) is 0 Å². The van der Waals surface area contributed by atoms with Crippen LogP contribution in [-0.4, -0.2) is 24.9 Å². The van der Waals surface area contributed by atoms with E-state index in [4.69, 9.17) is 19.9 Å². The van der Waals surface area contributed by atoms with Crippen LogP contribution in [0.2, 0.25) is 0 Å². The molecule has 5 heterocycles. The number of pyridine rings is 5. The van der Waals surface area contributed by atoms with Gasteiger partial charge < -0.3 is 0 Å². The maximum absolute atomic E-state index is 5.41. The predicted octanol–water partition coefficient (Wildman–Crippen LogP) is 10.1. The lowest BCUT2D eigenvalue weighted by Crippen LogP contribution is -2.17. The smallest absolute Gasteiger partial charge is 0.0975 e. The van der Waals surface area contributed by atoms with Gasteiger partial charge in [-0.3, -0.25) is 9.97 Å². The Kier molecular flexibility index (Phi) is 5.28. The standard InChI is InChI=1S/C42H27N5/c1-42(2)33-22-26(34-12-5-13-35(45-34)36-19-17-25-15-14-24-8-6-20-43-37(24)38(25)46-36)16-18-29(33)32-23-31-28-10-4-3-9-27(28)30-11-7-21-44-39(30)40(31)47-41(32)42/h3-23H,1-2H3. The molecule has 0 radical (unpaired) electrons. The van der Waals surface area contributed by atoms with E-state index < -0.39 is 0 Å². The molecular weight excluding hydrogens is 574 g/mol. The molecule has 5 nitrogen and oxygen atoms in total. The molecule has 5 heteroatoms. The molecule has 10 rings (SSSR count). The van der Waals surface area contributed by atoms with Gasteiger partial charge in [0.15, 0.2) is 0 Å². The summed E-state index contributed by atoms with van der Waals surface area (Å²) >= 11 is 0. The molecule has 0 N–H and O–H groups in total. The first-order valence-electron chi connectivity index (χ1n) is 15.9. The van der Waals surface area contributed by atoms with E-state index in [1.165, 1.54) is 27.5 Å². The lowest BCUT2D eigenvalue weighted by molar-refractivity contribution is 0.640. The van der Waals surface area contributed by atoms with Gasteiger partial charge in [-0.15, -0.1) is 0 Å². The number of hydrogen-bond donors (Lipinski definition) is 0. The fraction of sp³-hybridized carbons (Fsp3) is 0.0714. The Labute approximate surface area is 270 Å². The molecule has 220 valence electrons. The highest BCUT2D eigenvalue weighted by molar-refractivity contribution is 6.23. The van der Waals surface area contributed by atoms with Crippen LogP contribution in [0.3, 0.4) is 0 Å². The first kappa shape index (κ1) is 26.2. The molecule has 4 aromatic carbocycles. The van der Waals surface area contributed by atoms with Gasteiger partial charge in [-0.25, -0.2) is 15.0 Å². The number of hydrogen-bond acceptors (Lipinski definition) is 5. The van der Waals surface area contributed by atoms with Crippen molar-refractivity contribution in [2.45, 2.75) is 19.3 Å². The quantitative estimate of drug-likeness (QED) is 0.185. The minimum atomic E-state index is -0.298.